The molecule has 2 aliphatic heterocycles. The summed E-state index contributed by atoms with van der Waals surface area (Å²) in [5.74, 6) is 2.23. The fourth-order valence-electron chi connectivity index (χ4n) is 4.54. The maximum absolute atomic E-state index is 12.3. The zero-order valence-electron chi connectivity index (χ0n) is 20.3. The minimum Gasteiger partial charge on any atom is -0.481 e. The Kier molecular flexibility index (Phi) is 6.46. The van der Waals surface area contributed by atoms with Crippen LogP contribution >= 0.6 is 11.8 Å². The standard InChI is InChI=1S/C28H26N4O4S/c1-34-26-10-7-18(16-31-26)15-30-19-8-9-22-25(14-19)37-24-6-2-4-20(27(24)36-22)23-17-32(12-13-35-23)21-5-3-11-29-28(21)33/h2-11,14,16,23,30H,12-13,15,17H2,1H3,(H,29,33). The molecule has 0 radical (unpaired) electrons. The Bertz CT molecular complexity index is 1470. The number of H-pyrrole nitrogens is 1. The molecule has 2 aromatic carbocycles. The number of pyridine rings is 2. The average molecular weight is 515 g/mol. The Morgan fingerprint density at radius 3 is 2.95 bits per heavy atom. The van der Waals surface area contributed by atoms with Crippen LogP contribution in [0.1, 0.15) is 17.2 Å². The van der Waals surface area contributed by atoms with Gasteiger partial charge >= 0.3 is 0 Å². The van der Waals surface area contributed by atoms with Gasteiger partial charge in [-0.25, -0.2) is 4.98 Å². The number of hydrogen-bond acceptors (Lipinski definition) is 8. The Morgan fingerprint density at radius 1 is 1.16 bits per heavy atom. The SMILES string of the molecule is COc1ccc(CNc2ccc3c(c2)Sc2cccc(C4CN(c5ccc[nH]c5=O)CCO4)c2O3)cn1. The number of nitrogens with one attached hydrogen (secondary N) is 2. The first kappa shape index (κ1) is 23.4. The molecule has 9 heteroatoms. The largest absolute Gasteiger partial charge is 0.481 e. The van der Waals surface area contributed by atoms with E-state index in [1.54, 1.807) is 25.1 Å². The lowest BCUT2D eigenvalue weighted by Crippen LogP contribution is -2.41. The summed E-state index contributed by atoms with van der Waals surface area (Å²) >= 11 is 1.68. The summed E-state index contributed by atoms with van der Waals surface area (Å²) in [5, 5.41) is 3.46. The third-order valence-corrected chi connectivity index (χ3v) is 7.52. The van der Waals surface area contributed by atoms with Crippen molar-refractivity contribution in [3.05, 3.63) is 94.5 Å². The van der Waals surface area contributed by atoms with Crippen LogP contribution in [-0.4, -0.2) is 36.8 Å². The second-order valence-corrected chi connectivity index (χ2v) is 9.88. The van der Waals surface area contributed by atoms with Crippen molar-refractivity contribution in [1.82, 2.24) is 9.97 Å². The minimum atomic E-state index is -0.204. The Morgan fingerprint density at radius 2 is 2.11 bits per heavy atom. The molecule has 4 aromatic rings. The first-order valence-corrected chi connectivity index (χ1v) is 12.9. The average Bonchev–Trinajstić information content (AvgIpc) is 2.95. The van der Waals surface area contributed by atoms with Crippen molar-refractivity contribution in [3.8, 4) is 17.4 Å². The number of morpholine rings is 1. The van der Waals surface area contributed by atoms with Gasteiger partial charge < -0.3 is 29.4 Å². The van der Waals surface area contributed by atoms with E-state index in [1.165, 1.54) is 0 Å². The molecule has 37 heavy (non-hydrogen) atoms. The van der Waals surface area contributed by atoms with Crippen LogP contribution in [0.2, 0.25) is 0 Å². The number of benzene rings is 2. The fraction of sp³-hybridized carbons (Fsp3) is 0.214. The summed E-state index contributed by atoms with van der Waals surface area (Å²) in [6.45, 7) is 2.43. The fourth-order valence-corrected chi connectivity index (χ4v) is 5.58. The molecule has 4 heterocycles. The smallest absolute Gasteiger partial charge is 0.271 e. The lowest BCUT2D eigenvalue weighted by Gasteiger charge is -2.35. The Hall–Kier alpha value is -3.95. The highest BCUT2D eigenvalue weighted by molar-refractivity contribution is 7.99. The molecule has 188 valence electrons. The summed E-state index contributed by atoms with van der Waals surface area (Å²) < 4.78 is 17.7. The van der Waals surface area contributed by atoms with Crippen LogP contribution in [0, 0.1) is 0 Å². The lowest BCUT2D eigenvalue weighted by atomic mass is 10.1. The third-order valence-electron chi connectivity index (χ3n) is 6.44. The van der Waals surface area contributed by atoms with Gasteiger partial charge in [0, 0.05) is 49.3 Å². The predicted octanol–water partition coefficient (Wildman–Crippen LogP) is 5.23. The van der Waals surface area contributed by atoms with Gasteiger partial charge in [0.05, 0.1) is 23.5 Å². The van der Waals surface area contributed by atoms with Crippen molar-refractivity contribution in [1.29, 1.82) is 0 Å². The molecule has 6 rings (SSSR count). The van der Waals surface area contributed by atoms with E-state index in [0.29, 0.717) is 37.8 Å². The number of para-hydroxylation sites is 1. The number of rotatable bonds is 6. The van der Waals surface area contributed by atoms with Crippen LogP contribution in [0.25, 0.3) is 0 Å². The van der Waals surface area contributed by atoms with E-state index in [-0.39, 0.29) is 11.7 Å². The topological polar surface area (TPSA) is 88.7 Å². The minimum absolute atomic E-state index is 0.0911. The maximum Gasteiger partial charge on any atom is 0.271 e. The molecular formula is C28H26N4O4S. The molecule has 1 unspecified atom stereocenters. The Balaban J connectivity index is 1.19. The van der Waals surface area contributed by atoms with Crippen LogP contribution in [0.5, 0.6) is 17.4 Å². The monoisotopic (exact) mass is 514 g/mol. The number of hydrogen-bond donors (Lipinski definition) is 2. The van der Waals surface area contributed by atoms with Gasteiger partial charge in [0.2, 0.25) is 5.88 Å². The summed E-state index contributed by atoms with van der Waals surface area (Å²) in [5.41, 5.74) is 3.63. The number of fused-ring (bicyclic) bond motifs is 2. The van der Waals surface area contributed by atoms with Gasteiger partial charge in [-0.2, -0.15) is 0 Å². The quantitative estimate of drug-likeness (QED) is 0.319. The van der Waals surface area contributed by atoms with E-state index >= 15 is 0 Å². The highest BCUT2D eigenvalue weighted by Gasteiger charge is 2.29. The molecule has 2 aliphatic rings. The molecule has 1 saturated heterocycles. The zero-order valence-corrected chi connectivity index (χ0v) is 21.1. The molecule has 1 atom stereocenters. The number of nitrogens with zero attached hydrogens (tertiary/aromatic N) is 2. The van der Waals surface area contributed by atoms with Crippen LogP contribution in [0.15, 0.2) is 87.6 Å². The molecule has 0 amide bonds. The van der Waals surface area contributed by atoms with Crippen molar-refractivity contribution in [2.45, 2.75) is 22.4 Å². The number of aromatic amines is 1. The molecular weight excluding hydrogens is 488 g/mol. The van der Waals surface area contributed by atoms with Gasteiger partial charge in [-0.15, -0.1) is 0 Å². The van der Waals surface area contributed by atoms with Gasteiger partial charge in [0.25, 0.3) is 5.56 Å². The van der Waals surface area contributed by atoms with Crippen molar-refractivity contribution >= 4 is 23.1 Å². The van der Waals surface area contributed by atoms with Crippen molar-refractivity contribution in [2.75, 3.05) is 37.0 Å². The van der Waals surface area contributed by atoms with Gasteiger partial charge in [0.15, 0.2) is 0 Å². The maximum atomic E-state index is 12.3. The second-order valence-electron chi connectivity index (χ2n) is 8.79. The van der Waals surface area contributed by atoms with Crippen LogP contribution < -0.4 is 25.2 Å². The second kappa shape index (κ2) is 10.2. The molecule has 0 bridgehead atoms. The van der Waals surface area contributed by atoms with E-state index in [9.17, 15) is 4.79 Å². The van der Waals surface area contributed by atoms with E-state index in [0.717, 1.165) is 38.1 Å². The molecule has 0 aliphatic carbocycles. The third kappa shape index (κ3) is 4.87. The number of methoxy groups -OCH3 is 1. The van der Waals surface area contributed by atoms with Crippen LogP contribution in [0.3, 0.4) is 0 Å². The van der Waals surface area contributed by atoms with Crippen LogP contribution in [-0.2, 0) is 11.3 Å². The number of aromatic nitrogens is 2. The van der Waals surface area contributed by atoms with Crippen molar-refractivity contribution < 1.29 is 14.2 Å². The van der Waals surface area contributed by atoms with E-state index < -0.39 is 0 Å². The zero-order chi connectivity index (χ0) is 25.2. The highest BCUT2D eigenvalue weighted by atomic mass is 32.2. The van der Waals surface area contributed by atoms with Crippen molar-refractivity contribution in [2.24, 2.45) is 0 Å². The first-order chi connectivity index (χ1) is 18.2. The molecule has 2 aromatic heterocycles. The van der Waals surface area contributed by atoms with E-state index in [1.807, 2.05) is 54.7 Å². The van der Waals surface area contributed by atoms with Crippen LogP contribution in [0.4, 0.5) is 11.4 Å². The van der Waals surface area contributed by atoms with Gasteiger partial charge in [-0.3, -0.25) is 4.79 Å². The number of ether oxygens (including phenoxy) is 3. The summed E-state index contributed by atoms with van der Waals surface area (Å²) in [4.78, 5) is 23.5. The van der Waals surface area contributed by atoms with Gasteiger partial charge in [-0.05, 0) is 42.0 Å². The lowest BCUT2D eigenvalue weighted by molar-refractivity contribution is 0.0382. The van der Waals surface area contributed by atoms with E-state index in [2.05, 4.69) is 32.3 Å². The summed E-state index contributed by atoms with van der Waals surface area (Å²) in [7, 11) is 1.61. The highest BCUT2D eigenvalue weighted by Crippen LogP contribution is 2.50. The molecule has 1 fully saturated rings. The first-order valence-electron chi connectivity index (χ1n) is 12.1. The molecule has 0 saturated carbocycles. The summed E-state index contributed by atoms with van der Waals surface area (Å²) in [6.07, 6.45) is 3.25. The predicted molar refractivity (Wildman–Crippen MR) is 143 cm³/mol. The normalized spacial score (nSPS) is 16.4. The molecule has 8 nitrogen and oxygen atoms in total. The van der Waals surface area contributed by atoms with Crippen molar-refractivity contribution in [3.63, 3.8) is 0 Å². The molecule has 0 spiro atoms. The summed E-state index contributed by atoms with van der Waals surface area (Å²) in [6, 6.07) is 19.8. The van der Waals surface area contributed by atoms with E-state index in [4.69, 9.17) is 14.2 Å². The van der Waals surface area contributed by atoms with Gasteiger partial charge in [-0.1, -0.05) is 30.0 Å². The van der Waals surface area contributed by atoms with Gasteiger partial charge in [0.1, 0.15) is 23.3 Å². The Labute approximate surface area is 218 Å². The number of anilines is 2. The molecule has 2 N–H and O–H groups in total.